The van der Waals surface area contributed by atoms with E-state index < -0.39 is 46.4 Å². The molecule has 1 amide bonds. The predicted molar refractivity (Wildman–Crippen MR) is 124 cm³/mol. The maximum absolute atomic E-state index is 15.1. The van der Waals surface area contributed by atoms with E-state index in [9.17, 15) is 24.5 Å². The van der Waals surface area contributed by atoms with Gasteiger partial charge in [0.1, 0.15) is 17.0 Å². The van der Waals surface area contributed by atoms with Crippen molar-refractivity contribution in [3.63, 3.8) is 0 Å². The van der Waals surface area contributed by atoms with Crippen molar-refractivity contribution in [3.8, 4) is 11.3 Å². The number of imidazole rings is 1. The molecule has 0 aliphatic rings. The molecule has 9 nitrogen and oxygen atoms in total. The molecule has 2 aromatic carbocycles. The van der Waals surface area contributed by atoms with Crippen molar-refractivity contribution in [2.75, 3.05) is 11.1 Å². The number of nitrogens with one attached hydrogen (secondary N) is 1. The van der Waals surface area contributed by atoms with Crippen molar-refractivity contribution in [3.05, 3.63) is 76.3 Å². The molecule has 1 unspecified atom stereocenters. The minimum Gasteiger partial charge on any atom is -0.382 e. The lowest BCUT2D eigenvalue weighted by Gasteiger charge is -2.15. The van der Waals surface area contributed by atoms with Crippen LogP contribution in [0.25, 0.3) is 16.8 Å². The molecule has 0 aliphatic carbocycles. The van der Waals surface area contributed by atoms with Gasteiger partial charge in [-0.2, -0.15) is 0 Å². The molecular formula is C22H17BClF2N5O4. The lowest BCUT2D eigenvalue weighted by atomic mass is 9.94. The Hall–Kier alpha value is -3.58. The van der Waals surface area contributed by atoms with Gasteiger partial charge in [0.15, 0.2) is 37.1 Å². The molecule has 2 radical (unpaired) electrons. The summed E-state index contributed by atoms with van der Waals surface area (Å²) in [6.07, 6.45) is -0.359. The van der Waals surface area contributed by atoms with Crippen LogP contribution in [-0.2, 0) is 10.5 Å². The van der Waals surface area contributed by atoms with Gasteiger partial charge in [0, 0.05) is 16.8 Å². The van der Waals surface area contributed by atoms with E-state index in [0.29, 0.717) is 5.69 Å². The first-order valence-corrected chi connectivity index (χ1v) is 10.4. The first-order chi connectivity index (χ1) is 16.4. The molecule has 4 rings (SSSR count). The fourth-order valence-corrected chi connectivity index (χ4v) is 3.77. The van der Waals surface area contributed by atoms with Gasteiger partial charge < -0.3 is 26.4 Å². The van der Waals surface area contributed by atoms with Gasteiger partial charge >= 0.3 is 0 Å². The number of benzene rings is 2. The van der Waals surface area contributed by atoms with Crippen molar-refractivity contribution < 1.29 is 28.9 Å². The highest BCUT2D eigenvalue weighted by molar-refractivity contribution is 6.30. The van der Waals surface area contributed by atoms with Crippen LogP contribution >= 0.6 is 11.6 Å². The number of carbonyl (C=O) groups is 1. The van der Waals surface area contributed by atoms with Gasteiger partial charge in [-0.1, -0.05) is 23.7 Å². The van der Waals surface area contributed by atoms with E-state index in [0.717, 1.165) is 16.5 Å². The number of nitrogen functional groups attached to an aromatic ring is 1. The van der Waals surface area contributed by atoms with E-state index in [1.807, 2.05) is 0 Å². The van der Waals surface area contributed by atoms with E-state index in [4.69, 9.17) is 25.2 Å². The summed E-state index contributed by atoms with van der Waals surface area (Å²) in [6.45, 7) is 1.57. The summed E-state index contributed by atoms with van der Waals surface area (Å²) in [6, 6.07) is 8.00. The number of nitrogens with two attached hydrogens (primary N) is 1. The van der Waals surface area contributed by atoms with Crippen LogP contribution in [-0.4, -0.2) is 43.4 Å². The van der Waals surface area contributed by atoms with Crippen molar-refractivity contribution in [1.82, 2.24) is 14.4 Å². The van der Waals surface area contributed by atoms with Crippen LogP contribution in [0, 0.1) is 18.6 Å². The molecule has 0 fully saturated rings. The van der Waals surface area contributed by atoms with Gasteiger partial charge in [0.25, 0.3) is 5.91 Å². The average Bonchev–Trinajstić information content (AvgIpc) is 3.16. The SMILES string of the molecule is [B]C(O)(O)c1nc(-c2ccc(NC(=O)C(O)c3cccc(Cl)c3)c(F)c2F)c2c(N)nc(C)cn12. The molecule has 13 heteroatoms. The van der Waals surface area contributed by atoms with Gasteiger partial charge in [-0.15, -0.1) is 0 Å². The summed E-state index contributed by atoms with van der Waals surface area (Å²) >= 11 is 5.85. The van der Waals surface area contributed by atoms with Crippen LogP contribution in [0.2, 0.25) is 5.02 Å². The zero-order valence-corrected chi connectivity index (χ0v) is 18.8. The van der Waals surface area contributed by atoms with E-state index in [2.05, 4.69) is 15.3 Å². The van der Waals surface area contributed by atoms with E-state index in [-0.39, 0.29) is 27.6 Å². The smallest absolute Gasteiger partial charge is 0.257 e. The summed E-state index contributed by atoms with van der Waals surface area (Å²) in [7, 11) is 5.37. The highest BCUT2D eigenvalue weighted by atomic mass is 35.5. The number of fused-ring (bicyclic) bond motifs is 1. The van der Waals surface area contributed by atoms with Gasteiger partial charge in [0.2, 0.25) is 0 Å². The maximum Gasteiger partial charge on any atom is 0.257 e. The standard InChI is InChI=1S/C22H17BClF2N5O4/c1-9-8-31-17(19(27)28-9)16(30-21(31)22(23,34)35)12-5-6-13(15(26)14(12)25)29-20(33)18(32)10-3-2-4-11(24)7-10/h2-8,18,32,34-35H,1H3,(H2,27,28)(H,29,33). The number of aliphatic hydroxyl groups excluding tert-OH is 1. The molecule has 1 atom stereocenters. The third-order valence-electron chi connectivity index (χ3n) is 5.10. The topological polar surface area (TPSA) is 146 Å². The summed E-state index contributed by atoms with van der Waals surface area (Å²) in [5.74, 6) is -4.57. The molecule has 178 valence electrons. The van der Waals surface area contributed by atoms with Crippen LogP contribution in [0.4, 0.5) is 20.3 Å². The van der Waals surface area contributed by atoms with E-state index >= 15 is 4.39 Å². The lowest BCUT2D eigenvalue weighted by Crippen LogP contribution is -2.28. The number of nitrogens with zero attached hydrogens (tertiary/aromatic N) is 3. The highest BCUT2D eigenvalue weighted by Crippen LogP contribution is 2.35. The molecule has 0 spiro atoms. The molecule has 2 aromatic heterocycles. The normalized spacial score (nSPS) is 12.7. The summed E-state index contributed by atoms with van der Waals surface area (Å²) < 4.78 is 31.2. The number of carbonyl (C=O) groups excluding carboxylic acids is 1. The highest BCUT2D eigenvalue weighted by Gasteiger charge is 2.30. The van der Waals surface area contributed by atoms with Gasteiger partial charge in [-0.25, -0.2) is 18.7 Å². The molecule has 0 saturated heterocycles. The molecule has 35 heavy (non-hydrogen) atoms. The number of hydrogen-bond acceptors (Lipinski definition) is 7. The zero-order chi connectivity index (χ0) is 25.7. The number of aliphatic hydroxyl groups is 3. The molecule has 2 heterocycles. The lowest BCUT2D eigenvalue weighted by molar-refractivity contribution is -0.124. The minimum atomic E-state index is -2.93. The van der Waals surface area contributed by atoms with Crippen LogP contribution < -0.4 is 11.1 Å². The van der Waals surface area contributed by atoms with Gasteiger partial charge in [-0.3, -0.25) is 9.20 Å². The average molecular weight is 500 g/mol. The van der Waals surface area contributed by atoms with E-state index in [1.165, 1.54) is 24.4 Å². The zero-order valence-electron chi connectivity index (χ0n) is 18.0. The first-order valence-electron chi connectivity index (χ1n) is 10.0. The Balaban J connectivity index is 1.75. The third-order valence-corrected chi connectivity index (χ3v) is 5.34. The monoisotopic (exact) mass is 499 g/mol. The minimum absolute atomic E-state index is 0.0463. The Bertz CT molecular complexity index is 1470. The largest absolute Gasteiger partial charge is 0.382 e. The fraction of sp³-hybridized carbons (Fsp3) is 0.136. The second-order valence-electron chi connectivity index (χ2n) is 7.73. The van der Waals surface area contributed by atoms with Crippen molar-refractivity contribution in [2.24, 2.45) is 0 Å². The molecule has 4 aromatic rings. The number of amides is 1. The second-order valence-corrected chi connectivity index (χ2v) is 8.17. The van der Waals surface area contributed by atoms with Gasteiger partial charge in [0.05, 0.1) is 11.4 Å². The number of aromatic nitrogens is 3. The van der Waals surface area contributed by atoms with E-state index in [1.54, 1.807) is 13.0 Å². The van der Waals surface area contributed by atoms with Crippen LogP contribution in [0.5, 0.6) is 0 Å². The Morgan fingerprint density at radius 1 is 1.23 bits per heavy atom. The fourth-order valence-electron chi connectivity index (χ4n) is 3.57. The summed E-state index contributed by atoms with van der Waals surface area (Å²) in [5.41, 5.74) is 2.26. The van der Waals surface area contributed by atoms with Gasteiger partial charge in [-0.05, 0) is 36.8 Å². The summed E-state index contributed by atoms with van der Waals surface area (Å²) in [4.78, 5) is 20.4. The second kappa shape index (κ2) is 8.89. The Morgan fingerprint density at radius 3 is 2.60 bits per heavy atom. The van der Waals surface area contributed by atoms with Crippen LogP contribution in [0.15, 0.2) is 42.6 Å². The van der Waals surface area contributed by atoms with Crippen LogP contribution in [0.1, 0.15) is 23.2 Å². The molecular weight excluding hydrogens is 483 g/mol. The van der Waals surface area contributed by atoms with Crippen LogP contribution in [0.3, 0.4) is 0 Å². The van der Waals surface area contributed by atoms with Crippen molar-refractivity contribution in [2.45, 2.75) is 18.7 Å². The predicted octanol–water partition coefficient (Wildman–Crippen LogP) is 2.15. The molecule has 6 N–H and O–H groups in total. The summed E-state index contributed by atoms with van der Waals surface area (Å²) in [5, 5.41) is 32.4. The Labute approximate surface area is 203 Å². The van der Waals surface area contributed by atoms with Crippen molar-refractivity contribution in [1.29, 1.82) is 0 Å². The molecule has 0 bridgehead atoms. The Kier molecular flexibility index (Phi) is 6.24. The maximum atomic E-state index is 15.1. The Morgan fingerprint density at radius 2 is 1.94 bits per heavy atom. The number of rotatable bonds is 5. The quantitative estimate of drug-likeness (QED) is 0.209. The third kappa shape index (κ3) is 4.56. The number of halogens is 3. The number of anilines is 2. The van der Waals surface area contributed by atoms with Crippen molar-refractivity contribution >= 4 is 42.4 Å². The molecule has 0 aliphatic heterocycles. The first kappa shape index (κ1) is 24.5. The molecule has 0 saturated carbocycles. The number of hydrogen-bond donors (Lipinski definition) is 5. The number of aryl methyl sites for hydroxylation is 1.